The van der Waals surface area contributed by atoms with Crippen LogP contribution >= 0.6 is 0 Å². The Bertz CT molecular complexity index is 611. The summed E-state index contributed by atoms with van der Waals surface area (Å²) < 4.78 is 26.2. The second kappa shape index (κ2) is 5.68. The summed E-state index contributed by atoms with van der Waals surface area (Å²) in [6.07, 6.45) is 2.07. The first-order valence-electron chi connectivity index (χ1n) is 6.26. The monoisotopic (exact) mass is 299 g/mol. The van der Waals surface area contributed by atoms with Gasteiger partial charge in [-0.2, -0.15) is 0 Å². The smallest absolute Gasteiger partial charge is 0.240 e. The molecule has 5 N–H and O–H groups in total. The van der Waals surface area contributed by atoms with Gasteiger partial charge >= 0.3 is 0 Å². The third-order valence-electron chi connectivity index (χ3n) is 2.90. The van der Waals surface area contributed by atoms with Crippen molar-refractivity contribution < 1.29 is 18.3 Å². The lowest BCUT2D eigenvalue weighted by Gasteiger charge is -2.08. The van der Waals surface area contributed by atoms with E-state index in [1.54, 1.807) is 0 Å². The summed E-state index contributed by atoms with van der Waals surface area (Å²) in [4.78, 5) is 11.4. The minimum absolute atomic E-state index is 0.0145. The molecule has 0 saturated heterocycles. The van der Waals surface area contributed by atoms with Crippen LogP contribution in [0.2, 0.25) is 0 Å². The number of nitrogen functional groups attached to an aromatic ring is 1. The molecule has 0 unspecified atom stereocenters. The molecule has 0 bridgehead atoms. The van der Waals surface area contributed by atoms with E-state index in [9.17, 15) is 18.3 Å². The Labute approximate surface area is 117 Å². The highest BCUT2D eigenvalue weighted by Gasteiger charge is 2.23. The molecule has 1 aromatic rings. The van der Waals surface area contributed by atoms with Crippen LogP contribution in [-0.2, 0) is 14.8 Å². The molecule has 1 fully saturated rings. The van der Waals surface area contributed by atoms with E-state index < -0.39 is 10.0 Å². The second-order valence-corrected chi connectivity index (χ2v) is 6.48. The van der Waals surface area contributed by atoms with Crippen molar-refractivity contribution in [2.75, 3.05) is 12.3 Å². The normalized spacial score (nSPS) is 15.0. The maximum Gasteiger partial charge on any atom is 0.240 e. The van der Waals surface area contributed by atoms with Gasteiger partial charge in [-0.25, -0.2) is 13.1 Å². The highest BCUT2D eigenvalue weighted by molar-refractivity contribution is 7.89. The number of hydrogen-bond acceptors (Lipinski definition) is 5. The molecule has 20 heavy (non-hydrogen) atoms. The van der Waals surface area contributed by atoms with E-state index in [4.69, 9.17) is 5.73 Å². The van der Waals surface area contributed by atoms with Gasteiger partial charge in [-0.1, -0.05) is 0 Å². The summed E-state index contributed by atoms with van der Waals surface area (Å²) in [5, 5.41) is 12.0. The van der Waals surface area contributed by atoms with Crippen molar-refractivity contribution in [2.45, 2.75) is 30.2 Å². The van der Waals surface area contributed by atoms with E-state index in [-0.39, 0.29) is 41.2 Å². The van der Waals surface area contributed by atoms with Gasteiger partial charge in [0, 0.05) is 19.0 Å². The third-order valence-corrected chi connectivity index (χ3v) is 4.35. The fourth-order valence-corrected chi connectivity index (χ4v) is 2.68. The predicted octanol–water partition coefficient (Wildman–Crippen LogP) is -0.0786. The summed E-state index contributed by atoms with van der Waals surface area (Å²) in [7, 11) is -3.73. The molecular formula is C12H17N3O4S. The number of nitrogens with two attached hydrogens (primary N) is 1. The van der Waals surface area contributed by atoms with E-state index in [1.807, 2.05) is 0 Å². The van der Waals surface area contributed by atoms with Gasteiger partial charge < -0.3 is 16.2 Å². The number of sulfonamides is 1. The minimum atomic E-state index is -3.73. The van der Waals surface area contributed by atoms with Crippen molar-refractivity contribution in [1.82, 2.24) is 10.0 Å². The van der Waals surface area contributed by atoms with Crippen LogP contribution in [0.5, 0.6) is 5.75 Å². The summed E-state index contributed by atoms with van der Waals surface area (Å²) in [5.41, 5.74) is 5.44. The molecule has 1 aliphatic rings. The Morgan fingerprint density at radius 3 is 2.70 bits per heavy atom. The average molecular weight is 299 g/mol. The van der Waals surface area contributed by atoms with Crippen LogP contribution in [0.1, 0.15) is 19.3 Å². The van der Waals surface area contributed by atoms with E-state index in [1.165, 1.54) is 18.2 Å². The topological polar surface area (TPSA) is 122 Å². The number of amides is 1. The lowest BCUT2D eigenvalue weighted by atomic mass is 10.3. The number of benzene rings is 1. The Balaban J connectivity index is 1.89. The lowest BCUT2D eigenvalue weighted by Crippen LogP contribution is -2.31. The van der Waals surface area contributed by atoms with Gasteiger partial charge in [-0.3, -0.25) is 4.79 Å². The molecular weight excluding hydrogens is 282 g/mol. The largest absolute Gasteiger partial charge is 0.506 e. The Morgan fingerprint density at radius 1 is 1.40 bits per heavy atom. The van der Waals surface area contributed by atoms with Crippen LogP contribution in [0.3, 0.4) is 0 Å². The van der Waals surface area contributed by atoms with Crippen LogP contribution in [0, 0.1) is 0 Å². The second-order valence-electron chi connectivity index (χ2n) is 4.71. The molecule has 1 aliphatic carbocycles. The van der Waals surface area contributed by atoms with E-state index in [0.29, 0.717) is 0 Å². The molecule has 8 heteroatoms. The first-order valence-corrected chi connectivity index (χ1v) is 7.74. The highest BCUT2D eigenvalue weighted by atomic mass is 32.2. The van der Waals surface area contributed by atoms with E-state index >= 15 is 0 Å². The molecule has 2 rings (SSSR count). The number of aromatic hydroxyl groups is 1. The molecule has 0 heterocycles. The van der Waals surface area contributed by atoms with Crippen molar-refractivity contribution in [2.24, 2.45) is 0 Å². The molecule has 7 nitrogen and oxygen atoms in total. The van der Waals surface area contributed by atoms with Gasteiger partial charge in [0.2, 0.25) is 15.9 Å². The number of carbonyl (C=O) groups is 1. The maximum atomic E-state index is 11.9. The van der Waals surface area contributed by atoms with Gasteiger partial charge in [0.1, 0.15) is 5.75 Å². The summed E-state index contributed by atoms with van der Waals surface area (Å²) in [6.45, 7) is 0.0155. The summed E-state index contributed by atoms with van der Waals surface area (Å²) in [6, 6.07) is 3.89. The number of anilines is 1. The Morgan fingerprint density at radius 2 is 2.10 bits per heavy atom. The molecule has 110 valence electrons. The molecule has 0 aromatic heterocycles. The first kappa shape index (κ1) is 14.6. The number of rotatable bonds is 6. The minimum Gasteiger partial charge on any atom is -0.506 e. The fraction of sp³-hybridized carbons (Fsp3) is 0.417. The van der Waals surface area contributed by atoms with Gasteiger partial charge in [0.05, 0.1) is 10.6 Å². The highest BCUT2D eigenvalue weighted by Crippen LogP contribution is 2.23. The average Bonchev–Trinajstić information content (AvgIpc) is 3.16. The van der Waals surface area contributed by atoms with Crippen LogP contribution < -0.4 is 15.8 Å². The van der Waals surface area contributed by atoms with Crippen LogP contribution in [-0.4, -0.2) is 32.0 Å². The van der Waals surface area contributed by atoms with Crippen molar-refractivity contribution in [3.8, 4) is 5.75 Å². The van der Waals surface area contributed by atoms with Crippen LogP contribution in [0.15, 0.2) is 23.1 Å². The molecule has 1 aromatic carbocycles. The van der Waals surface area contributed by atoms with Crippen molar-refractivity contribution >= 4 is 21.6 Å². The molecule has 0 radical (unpaired) electrons. The van der Waals surface area contributed by atoms with Crippen molar-refractivity contribution in [3.63, 3.8) is 0 Å². The van der Waals surface area contributed by atoms with Gasteiger partial charge in [0.25, 0.3) is 0 Å². The number of phenolic OH excluding ortho intramolecular Hbond substituents is 1. The number of phenols is 1. The number of hydrogen-bond donors (Lipinski definition) is 4. The predicted molar refractivity (Wildman–Crippen MR) is 73.5 cm³/mol. The van der Waals surface area contributed by atoms with Gasteiger partial charge in [0.15, 0.2) is 0 Å². The first-order chi connectivity index (χ1) is 9.38. The zero-order chi connectivity index (χ0) is 14.8. The van der Waals surface area contributed by atoms with Crippen molar-refractivity contribution in [1.29, 1.82) is 0 Å². The zero-order valence-corrected chi connectivity index (χ0v) is 11.6. The number of carbonyl (C=O) groups excluding carboxylic acids is 1. The summed E-state index contributed by atoms with van der Waals surface area (Å²) >= 11 is 0. The molecule has 0 atom stereocenters. The molecule has 1 amide bonds. The van der Waals surface area contributed by atoms with Crippen LogP contribution in [0.4, 0.5) is 5.69 Å². The fourth-order valence-electron chi connectivity index (χ4n) is 1.61. The van der Waals surface area contributed by atoms with Crippen LogP contribution in [0.25, 0.3) is 0 Å². The third kappa shape index (κ3) is 3.84. The van der Waals surface area contributed by atoms with Gasteiger partial charge in [-0.15, -0.1) is 0 Å². The quantitative estimate of drug-likeness (QED) is 0.432. The van der Waals surface area contributed by atoms with E-state index in [2.05, 4.69) is 10.0 Å². The maximum absolute atomic E-state index is 11.9. The van der Waals surface area contributed by atoms with E-state index in [0.717, 1.165) is 12.8 Å². The zero-order valence-electron chi connectivity index (χ0n) is 10.8. The molecule has 0 aliphatic heterocycles. The molecule has 0 spiro atoms. The Hall–Kier alpha value is -1.80. The SMILES string of the molecule is Nc1cc(S(=O)(=O)NCCC(=O)NC2CC2)ccc1O. The van der Waals surface area contributed by atoms with Crippen molar-refractivity contribution in [3.05, 3.63) is 18.2 Å². The number of nitrogens with one attached hydrogen (secondary N) is 2. The summed E-state index contributed by atoms with van der Waals surface area (Å²) in [5.74, 6) is -0.340. The molecule has 1 saturated carbocycles. The Kier molecular flexibility index (Phi) is 4.15. The lowest BCUT2D eigenvalue weighted by molar-refractivity contribution is -0.121. The standard InChI is InChI=1S/C12H17N3O4S/c13-10-7-9(3-4-11(10)16)20(18,19)14-6-5-12(17)15-8-1-2-8/h3-4,7-8,14,16H,1-2,5-6,13H2,(H,15,17). The van der Waals surface area contributed by atoms with Gasteiger partial charge in [-0.05, 0) is 31.0 Å².